The normalized spacial score (nSPS) is 10.6. The van der Waals surface area contributed by atoms with Crippen LogP contribution in [-0.2, 0) is 6.42 Å². The molecule has 0 atom stereocenters. The van der Waals surface area contributed by atoms with Crippen LogP contribution < -0.4 is 0 Å². The van der Waals surface area contributed by atoms with Gasteiger partial charge in [0.25, 0.3) is 5.91 Å². The van der Waals surface area contributed by atoms with Crippen molar-refractivity contribution in [2.24, 2.45) is 0 Å². The summed E-state index contributed by atoms with van der Waals surface area (Å²) in [5.41, 5.74) is 4.69. The lowest BCUT2D eigenvalue weighted by molar-refractivity contribution is 0.0942. The molecular weight excluding hydrogens is 274 g/mol. The van der Waals surface area contributed by atoms with Crippen LogP contribution in [-0.4, -0.2) is 20.7 Å². The predicted molar refractivity (Wildman–Crippen MR) is 84.9 cm³/mol. The van der Waals surface area contributed by atoms with E-state index in [-0.39, 0.29) is 5.91 Å². The number of pyridine rings is 1. The molecule has 2 aromatic heterocycles. The van der Waals surface area contributed by atoms with Crippen LogP contribution in [0, 0.1) is 13.8 Å². The summed E-state index contributed by atoms with van der Waals surface area (Å²) in [6.07, 6.45) is 4.01. The summed E-state index contributed by atoms with van der Waals surface area (Å²) in [6.45, 7) is 3.89. The molecule has 0 spiro atoms. The van der Waals surface area contributed by atoms with Gasteiger partial charge in [0.2, 0.25) is 0 Å². The molecule has 0 saturated heterocycles. The maximum atomic E-state index is 12.6. The SMILES string of the molecule is Cc1nn(C(=O)c2ccncc2)c(C)c1Cc1ccccc1. The summed E-state index contributed by atoms with van der Waals surface area (Å²) in [4.78, 5) is 16.5. The molecule has 0 radical (unpaired) electrons. The first-order chi connectivity index (χ1) is 10.7. The van der Waals surface area contributed by atoms with Gasteiger partial charge in [-0.15, -0.1) is 0 Å². The van der Waals surface area contributed by atoms with Crippen LogP contribution in [0.15, 0.2) is 54.9 Å². The lowest BCUT2D eigenvalue weighted by Crippen LogP contribution is -2.15. The van der Waals surface area contributed by atoms with E-state index in [4.69, 9.17) is 0 Å². The zero-order chi connectivity index (χ0) is 15.5. The standard InChI is InChI=1S/C18H17N3O/c1-13-17(12-15-6-4-3-5-7-15)14(2)21(20-13)18(22)16-8-10-19-11-9-16/h3-11H,12H2,1-2H3. The highest BCUT2D eigenvalue weighted by molar-refractivity contribution is 5.95. The van der Waals surface area contributed by atoms with E-state index in [0.29, 0.717) is 5.56 Å². The number of hydrogen-bond acceptors (Lipinski definition) is 3. The Morgan fingerprint density at radius 3 is 2.41 bits per heavy atom. The largest absolute Gasteiger partial charge is 0.278 e. The van der Waals surface area contributed by atoms with Crippen LogP contribution in [0.25, 0.3) is 0 Å². The number of carbonyl (C=O) groups excluding carboxylic acids is 1. The molecular formula is C18H17N3O. The van der Waals surface area contributed by atoms with Gasteiger partial charge in [-0.25, -0.2) is 4.68 Å². The first-order valence-electron chi connectivity index (χ1n) is 7.20. The molecule has 0 aliphatic carbocycles. The third-order valence-electron chi connectivity index (χ3n) is 3.78. The average Bonchev–Trinajstić information content (AvgIpc) is 2.84. The van der Waals surface area contributed by atoms with Crippen molar-refractivity contribution in [2.45, 2.75) is 20.3 Å². The fraction of sp³-hybridized carbons (Fsp3) is 0.167. The highest BCUT2D eigenvalue weighted by Crippen LogP contribution is 2.18. The quantitative estimate of drug-likeness (QED) is 0.744. The van der Waals surface area contributed by atoms with E-state index in [9.17, 15) is 4.79 Å². The summed E-state index contributed by atoms with van der Waals surface area (Å²) in [5.74, 6) is -0.123. The number of rotatable bonds is 3. The number of aryl methyl sites for hydroxylation is 1. The fourth-order valence-electron chi connectivity index (χ4n) is 2.55. The second kappa shape index (κ2) is 5.93. The Hall–Kier alpha value is -2.75. The number of benzene rings is 1. The van der Waals surface area contributed by atoms with Crippen molar-refractivity contribution in [3.63, 3.8) is 0 Å². The average molecular weight is 291 g/mol. The summed E-state index contributed by atoms with van der Waals surface area (Å²) >= 11 is 0. The van der Waals surface area contributed by atoms with Crippen molar-refractivity contribution in [1.29, 1.82) is 0 Å². The lowest BCUT2D eigenvalue weighted by Gasteiger charge is -2.05. The summed E-state index contributed by atoms with van der Waals surface area (Å²) < 4.78 is 1.49. The van der Waals surface area contributed by atoms with Crippen molar-refractivity contribution >= 4 is 5.91 Å². The topological polar surface area (TPSA) is 47.8 Å². The molecule has 2 heterocycles. The van der Waals surface area contributed by atoms with Crippen LogP contribution in [0.3, 0.4) is 0 Å². The third kappa shape index (κ3) is 2.68. The Kier molecular flexibility index (Phi) is 3.83. The van der Waals surface area contributed by atoms with Gasteiger partial charge in [0.1, 0.15) is 0 Å². The maximum absolute atomic E-state index is 12.6. The minimum Gasteiger partial charge on any atom is -0.267 e. The molecule has 0 unspecified atom stereocenters. The number of aromatic nitrogens is 3. The van der Waals surface area contributed by atoms with E-state index in [0.717, 1.165) is 23.4 Å². The van der Waals surface area contributed by atoms with E-state index < -0.39 is 0 Å². The van der Waals surface area contributed by atoms with E-state index in [1.54, 1.807) is 24.5 Å². The Morgan fingerprint density at radius 1 is 1.05 bits per heavy atom. The van der Waals surface area contributed by atoms with Gasteiger partial charge in [0.05, 0.1) is 5.69 Å². The number of carbonyl (C=O) groups is 1. The van der Waals surface area contributed by atoms with Crippen LogP contribution >= 0.6 is 0 Å². The highest BCUT2D eigenvalue weighted by Gasteiger charge is 2.17. The van der Waals surface area contributed by atoms with Gasteiger partial charge in [-0.2, -0.15) is 5.10 Å². The van der Waals surface area contributed by atoms with E-state index in [1.165, 1.54) is 10.2 Å². The second-order valence-electron chi connectivity index (χ2n) is 5.26. The van der Waals surface area contributed by atoms with Crippen molar-refractivity contribution in [3.8, 4) is 0 Å². The molecule has 0 aliphatic rings. The molecule has 0 saturated carbocycles. The zero-order valence-corrected chi connectivity index (χ0v) is 12.7. The first kappa shape index (κ1) is 14.2. The monoisotopic (exact) mass is 291 g/mol. The minimum absolute atomic E-state index is 0.123. The molecule has 4 heteroatoms. The first-order valence-corrected chi connectivity index (χ1v) is 7.20. The summed E-state index contributed by atoms with van der Waals surface area (Å²) in [5, 5.41) is 4.43. The van der Waals surface area contributed by atoms with Crippen LogP contribution in [0.1, 0.15) is 32.9 Å². The Bertz CT molecular complexity index is 792. The van der Waals surface area contributed by atoms with Gasteiger partial charge in [-0.1, -0.05) is 30.3 Å². The van der Waals surface area contributed by atoms with Gasteiger partial charge in [0, 0.05) is 35.6 Å². The highest BCUT2D eigenvalue weighted by atomic mass is 16.2. The molecule has 1 aromatic carbocycles. The van der Waals surface area contributed by atoms with Crippen LogP contribution in [0.5, 0.6) is 0 Å². The zero-order valence-electron chi connectivity index (χ0n) is 12.7. The fourth-order valence-corrected chi connectivity index (χ4v) is 2.55. The van der Waals surface area contributed by atoms with Gasteiger partial charge in [-0.3, -0.25) is 9.78 Å². The molecule has 22 heavy (non-hydrogen) atoms. The Morgan fingerprint density at radius 2 is 1.73 bits per heavy atom. The van der Waals surface area contributed by atoms with Crippen LogP contribution in [0.2, 0.25) is 0 Å². The van der Waals surface area contributed by atoms with E-state index in [2.05, 4.69) is 22.2 Å². The smallest absolute Gasteiger partial charge is 0.267 e. The van der Waals surface area contributed by atoms with E-state index in [1.807, 2.05) is 32.0 Å². The second-order valence-corrected chi connectivity index (χ2v) is 5.26. The molecule has 4 nitrogen and oxygen atoms in total. The molecule has 3 rings (SSSR count). The Balaban J connectivity index is 1.95. The molecule has 0 fully saturated rings. The van der Waals surface area contributed by atoms with Crippen molar-refractivity contribution in [1.82, 2.24) is 14.8 Å². The maximum Gasteiger partial charge on any atom is 0.278 e. The van der Waals surface area contributed by atoms with E-state index >= 15 is 0 Å². The lowest BCUT2D eigenvalue weighted by atomic mass is 10.0. The van der Waals surface area contributed by atoms with Crippen LogP contribution in [0.4, 0.5) is 0 Å². The van der Waals surface area contributed by atoms with Gasteiger partial charge in [-0.05, 0) is 31.5 Å². The molecule has 0 aliphatic heterocycles. The van der Waals surface area contributed by atoms with Gasteiger partial charge < -0.3 is 0 Å². The Labute approximate surface area is 129 Å². The molecule has 0 amide bonds. The van der Waals surface area contributed by atoms with Crippen molar-refractivity contribution in [2.75, 3.05) is 0 Å². The van der Waals surface area contributed by atoms with Gasteiger partial charge in [0.15, 0.2) is 0 Å². The third-order valence-corrected chi connectivity index (χ3v) is 3.78. The molecule has 110 valence electrons. The molecule has 3 aromatic rings. The summed E-state index contributed by atoms with van der Waals surface area (Å²) in [6, 6.07) is 13.6. The number of hydrogen-bond donors (Lipinski definition) is 0. The van der Waals surface area contributed by atoms with Crippen molar-refractivity contribution in [3.05, 3.63) is 82.9 Å². The van der Waals surface area contributed by atoms with Gasteiger partial charge >= 0.3 is 0 Å². The van der Waals surface area contributed by atoms with Crippen molar-refractivity contribution < 1.29 is 4.79 Å². The summed E-state index contributed by atoms with van der Waals surface area (Å²) in [7, 11) is 0. The minimum atomic E-state index is -0.123. The molecule has 0 N–H and O–H groups in total. The number of nitrogens with zero attached hydrogens (tertiary/aromatic N) is 3. The molecule has 0 bridgehead atoms. The predicted octanol–water partition coefficient (Wildman–Crippen LogP) is 3.17.